The number of carbonyl (C=O) groups excluding carboxylic acids is 1. The Labute approximate surface area is 206 Å². The van der Waals surface area contributed by atoms with E-state index < -0.39 is 0 Å². The van der Waals surface area contributed by atoms with Gasteiger partial charge >= 0.3 is 0 Å². The average molecular weight is 464 g/mol. The van der Waals surface area contributed by atoms with Gasteiger partial charge in [-0.25, -0.2) is 0 Å². The van der Waals surface area contributed by atoms with Crippen LogP contribution in [0.3, 0.4) is 0 Å². The second-order valence-electron chi connectivity index (χ2n) is 9.56. The maximum Gasteiger partial charge on any atom is 0.253 e. The highest BCUT2D eigenvalue weighted by atomic mass is 16.5. The molecule has 0 spiro atoms. The van der Waals surface area contributed by atoms with Crippen LogP contribution in [-0.4, -0.2) is 72.5 Å². The SMILES string of the molecule is C=C(C)CN1C[C@H](C)N([C@H](c2ccc(C(=O)N(CC)CC)cc2)c2cccc(OC)c2)C[C@H]1C. The number of hydrogen-bond donors (Lipinski definition) is 0. The monoisotopic (exact) mass is 463 g/mol. The molecule has 1 fully saturated rings. The van der Waals surface area contributed by atoms with Crippen LogP contribution >= 0.6 is 0 Å². The molecule has 184 valence electrons. The Hall–Kier alpha value is -2.63. The lowest BCUT2D eigenvalue weighted by atomic mass is 9.92. The third kappa shape index (κ3) is 5.89. The molecule has 0 N–H and O–H groups in total. The number of hydrogen-bond acceptors (Lipinski definition) is 4. The van der Waals surface area contributed by atoms with Gasteiger partial charge in [0.2, 0.25) is 0 Å². The minimum absolute atomic E-state index is 0.0807. The van der Waals surface area contributed by atoms with Crippen LogP contribution < -0.4 is 4.74 Å². The van der Waals surface area contributed by atoms with E-state index in [2.05, 4.69) is 67.5 Å². The van der Waals surface area contributed by atoms with Crippen molar-refractivity contribution in [3.05, 3.63) is 77.4 Å². The number of ether oxygens (including phenoxy) is 1. The summed E-state index contributed by atoms with van der Waals surface area (Å²) in [6, 6.07) is 17.4. The molecule has 1 saturated heterocycles. The number of rotatable bonds is 9. The third-order valence-corrected chi connectivity index (χ3v) is 6.90. The van der Waals surface area contributed by atoms with E-state index >= 15 is 0 Å². The number of amides is 1. The van der Waals surface area contributed by atoms with Crippen molar-refractivity contribution in [3.8, 4) is 5.75 Å². The highest BCUT2D eigenvalue weighted by Crippen LogP contribution is 2.35. The van der Waals surface area contributed by atoms with Gasteiger partial charge in [-0.15, -0.1) is 0 Å². The van der Waals surface area contributed by atoms with Crippen molar-refractivity contribution in [2.45, 2.75) is 52.7 Å². The van der Waals surface area contributed by atoms with Crippen LogP contribution in [0.4, 0.5) is 0 Å². The van der Waals surface area contributed by atoms with Gasteiger partial charge in [0.1, 0.15) is 5.75 Å². The van der Waals surface area contributed by atoms with Crippen molar-refractivity contribution in [1.82, 2.24) is 14.7 Å². The lowest BCUT2D eigenvalue weighted by Gasteiger charge is -2.47. The van der Waals surface area contributed by atoms with E-state index in [4.69, 9.17) is 4.74 Å². The maximum atomic E-state index is 12.8. The molecule has 1 aliphatic heterocycles. The van der Waals surface area contributed by atoms with Gasteiger partial charge in [0.25, 0.3) is 5.91 Å². The summed E-state index contributed by atoms with van der Waals surface area (Å²) >= 11 is 0. The normalized spacial score (nSPS) is 20.1. The van der Waals surface area contributed by atoms with E-state index in [1.165, 1.54) is 16.7 Å². The van der Waals surface area contributed by atoms with Crippen molar-refractivity contribution in [2.75, 3.05) is 39.8 Å². The molecule has 34 heavy (non-hydrogen) atoms. The molecule has 0 unspecified atom stereocenters. The van der Waals surface area contributed by atoms with Gasteiger partial charge in [-0.2, -0.15) is 0 Å². The van der Waals surface area contributed by atoms with Gasteiger partial charge in [-0.3, -0.25) is 14.6 Å². The van der Waals surface area contributed by atoms with Gasteiger partial charge in [0.15, 0.2) is 0 Å². The maximum absolute atomic E-state index is 12.8. The topological polar surface area (TPSA) is 36.0 Å². The van der Waals surface area contributed by atoms with Crippen LogP contribution in [0.25, 0.3) is 0 Å². The molecule has 5 heteroatoms. The van der Waals surface area contributed by atoms with E-state index in [0.29, 0.717) is 25.2 Å². The molecule has 0 aromatic heterocycles. The quantitative estimate of drug-likeness (QED) is 0.477. The molecule has 3 atom stereocenters. The highest BCUT2D eigenvalue weighted by Gasteiger charge is 2.35. The summed E-state index contributed by atoms with van der Waals surface area (Å²) in [5.41, 5.74) is 4.33. The van der Waals surface area contributed by atoms with E-state index in [-0.39, 0.29) is 11.9 Å². The van der Waals surface area contributed by atoms with Crippen LogP contribution in [0, 0.1) is 0 Å². The summed E-state index contributed by atoms with van der Waals surface area (Å²) in [4.78, 5) is 19.8. The molecular weight excluding hydrogens is 422 g/mol. The highest BCUT2D eigenvalue weighted by molar-refractivity contribution is 5.94. The van der Waals surface area contributed by atoms with Crippen LogP contribution in [0.5, 0.6) is 5.75 Å². The molecular formula is C29H41N3O2. The van der Waals surface area contributed by atoms with Gasteiger partial charge in [-0.1, -0.05) is 36.4 Å². The third-order valence-electron chi connectivity index (χ3n) is 6.90. The predicted octanol–water partition coefficient (Wildman–Crippen LogP) is 5.24. The molecule has 2 aromatic rings. The molecule has 3 rings (SSSR count). The Morgan fingerprint density at radius 2 is 1.74 bits per heavy atom. The van der Waals surface area contributed by atoms with Crippen molar-refractivity contribution in [1.29, 1.82) is 0 Å². The number of benzene rings is 2. The van der Waals surface area contributed by atoms with Crippen LogP contribution in [-0.2, 0) is 0 Å². The molecule has 2 aromatic carbocycles. The summed E-state index contributed by atoms with van der Waals surface area (Å²) in [7, 11) is 1.71. The summed E-state index contributed by atoms with van der Waals surface area (Å²) in [6.45, 7) is 19.2. The number of nitrogens with zero attached hydrogens (tertiary/aromatic N) is 3. The zero-order valence-corrected chi connectivity index (χ0v) is 21.8. The predicted molar refractivity (Wildman–Crippen MR) is 141 cm³/mol. The number of methoxy groups -OCH3 is 1. The lowest BCUT2D eigenvalue weighted by Crippen LogP contribution is -2.57. The average Bonchev–Trinajstić information content (AvgIpc) is 2.83. The van der Waals surface area contributed by atoms with Crippen molar-refractivity contribution in [2.24, 2.45) is 0 Å². The Morgan fingerprint density at radius 1 is 1.06 bits per heavy atom. The molecule has 0 radical (unpaired) electrons. The molecule has 0 bridgehead atoms. The molecule has 5 nitrogen and oxygen atoms in total. The fourth-order valence-corrected chi connectivity index (χ4v) is 5.04. The Morgan fingerprint density at radius 3 is 2.32 bits per heavy atom. The largest absolute Gasteiger partial charge is 0.497 e. The molecule has 1 heterocycles. The second kappa shape index (κ2) is 11.7. The van der Waals surface area contributed by atoms with Gasteiger partial charge < -0.3 is 9.64 Å². The standard InChI is InChI=1S/C29H41N3O2/c1-8-30(9-2)29(33)25-15-13-24(14-16-25)28(26-11-10-12-27(17-26)34-7)32-20-22(5)31(18-21(3)4)19-23(32)6/h10-17,22-23,28H,3,8-9,18-20H2,1-2,4-7H3/t22-,23+,28-/m1/s1. The van der Waals surface area contributed by atoms with Gasteiger partial charge in [0.05, 0.1) is 13.2 Å². The zero-order valence-electron chi connectivity index (χ0n) is 21.8. The van der Waals surface area contributed by atoms with Crippen LogP contribution in [0.2, 0.25) is 0 Å². The minimum Gasteiger partial charge on any atom is -0.497 e. The second-order valence-corrected chi connectivity index (χ2v) is 9.56. The van der Waals surface area contributed by atoms with Gasteiger partial charge in [-0.05, 0) is 70.0 Å². The molecule has 1 amide bonds. The van der Waals surface area contributed by atoms with Crippen molar-refractivity contribution >= 4 is 5.91 Å². The summed E-state index contributed by atoms with van der Waals surface area (Å²) < 4.78 is 5.55. The van der Waals surface area contributed by atoms with Crippen molar-refractivity contribution < 1.29 is 9.53 Å². The minimum atomic E-state index is 0.0807. The van der Waals surface area contributed by atoms with Gasteiger partial charge in [0, 0.05) is 50.4 Å². The van der Waals surface area contributed by atoms with Crippen LogP contribution in [0.1, 0.15) is 62.1 Å². The Kier molecular flexibility index (Phi) is 8.92. The van der Waals surface area contributed by atoms with E-state index in [1.54, 1.807) is 7.11 Å². The zero-order chi connectivity index (χ0) is 24.8. The first-order chi connectivity index (χ1) is 16.3. The number of piperazine rings is 1. The summed E-state index contributed by atoms with van der Waals surface area (Å²) in [5, 5.41) is 0. The van der Waals surface area contributed by atoms with E-state index in [1.807, 2.05) is 36.9 Å². The van der Waals surface area contributed by atoms with Crippen LogP contribution in [0.15, 0.2) is 60.7 Å². The summed E-state index contributed by atoms with van der Waals surface area (Å²) in [5.74, 6) is 0.947. The smallest absolute Gasteiger partial charge is 0.253 e. The summed E-state index contributed by atoms with van der Waals surface area (Å²) in [6.07, 6.45) is 0. The fourth-order valence-electron chi connectivity index (χ4n) is 5.04. The van der Waals surface area contributed by atoms with E-state index in [9.17, 15) is 4.79 Å². The molecule has 0 aliphatic carbocycles. The lowest BCUT2D eigenvalue weighted by molar-refractivity contribution is 0.0293. The Bertz CT molecular complexity index is 968. The Balaban J connectivity index is 1.97. The number of carbonyl (C=O) groups is 1. The first-order valence-corrected chi connectivity index (χ1v) is 12.5. The fraction of sp³-hybridized carbons (Fsp3) is 0.483. The first-order valence-electron chi connectivity index (χ1n) is 12.5. The van der Waals surface area contributed by atoms with Crippen molar-refractivity contribution in [3.63, 3.8) is 0 Å². The molecule has 1 aliphatic rings. The molecule has 0 saturated carbocycles. The van der Waals surface area contributed by atoms with E-state index in [0.717, 1.165) is 30.9 Å². The first kappa shape index (κ1) is 26.0.